The highest BCUT2D eigenvalue weighted by atomic mass is 32.2. The fourth-order valence-electron chi connectivity index (χ4n) is 4.68. The minimum Gasteiger partial charge on any atom is -0.354 e. The third kappa shape index (κ3) is 5.58. The van der Waals surface area contributed by atoms with Crippen LogP contribution in [0.3, 0.4) is 0 Å². The fraction of sp³-hybridized carbons (Fsp3) is 0.667. The van der Waals surface area contributed by atoms with Gasteiger partial charge in [0, 0.05) is 45.6 Å². The zero-order valence-electron chi connectivity index (χ0n) is 20.7. The molecule has 1 saturated carbocycles. The highest BCUT2D eigenvalue weighted by Gasteiger charge is 2.36. The van der Waals surface area contributed by atoms with Crippen molar-refractivity contribution in [3.8, 4) is 0 Å². The molecule has 9 heteroatoms. The predicted octanol–water partition coefficient (Wildman–Crippen LogP) is 3.01. The van der Waals surface area contributed by atoms with Crippen LogP contribution < -0.4 is 5.32 Å². The van der Waals surface area contributed by atoms with Crippen LogP contribution >= 0.6 is 0 Å². The first-order chi connectivity index (χ1) is 15.6. The topological polar surface area (TPSA) is 87.5 Å². The number of likely N-dealkylation sites (N-methyl/N-ethyl adjacent to an activating group) is 1. The Hall–Kier alpha value is -1.97. The average molecular weight is 478 g/mol. The molecule has 1 aromatic carbocycles. The van der Waals surface area contributed by atoms with Crippen LogP contribution in [-0.2, 0) is 27.8 Å². The lowest BCUT2D eigenvalue weighted by molar-refractivity contribution is -0.121. The molecule has 1 heterocycles. The maximum absolute atomic E-state index is 12.7. The number of unbranched alkanes of at least 4 members (excludes halogenated alkanes) is 1. The lowest BCUT2D eigenvalue weighted by Gasteiger charge is -2.36. The van der Waals surface area contributed by atoms with Crippen LogP contribution in [0.1, 0.15) is 57.7 Å². The Kier molecular flexibility index (Phi) is 8.18. The number of fused-ring (bicyclic) bond motifs is 1. The zero-order valence-corrected chi connectivity index (χ0v) is 21.5. The molecular formula is C24H39N5O3S. The maximum atomic E-state index is 12.7. The quantitative estimate of drug-likeness (QED) is 0.538. The summed E-state index contributed by atoms with van der Waals surface area (Å²) in [6.45, 7) is 3.61. The van der Waals surface area contributed by atoms with Crippen molar-refractivity contribution in [1.82, 2.24) is 24.1 Å². The van der Waals surface area contributed by atoms with Gasteiger partial charge in [-0.1, -0.05) is 26.2 Å². The molecule has 3 rings (SSSR count). The van der Waals surface area contributed by atoms with E-state index in [4.69, 9.17) is 4.98 Å². The summed E-state index contributed by atoms with van der Waals surface area (Å²) in [5, 5.41) is 3.15. The molecule has 1 fully saturated rings. The van der Waals surface area contributed by atoms with Gasteiger partial charge in [-0.05, 0) is 51.6 Å². The second kappa shape index (κ2) is 10.5. The summed E-state index contributed by atoms with van der Waals surface area (Å²) in [4.78, 5) is 19.9. The van der Waals surface area contributed by atoms with E-state index in [0.717, 1.165) is 43.6 Å². The number of rotatable bonds is 11. The Balaban J connectivity index is 1.76. The molecule has 1 aromatic heterocycles. The number of nitrogens with one attached hydrogen (secondary N) is 1. The van der Waals surface area contributed by atoms with Crippen molar-refractivity contribution < 1.29 is 13.2 Å². The Labute approximate surface area is 198 Å². The number of aromatic nitrogens is 2. The molecule has 0 spiro atoms. The molecule has 184 valence electrons. The number of amides is 1. The first kappa shape index (κ1) is 25.6. The summed E-state index contributed by atoms with van der Waals surface area (Å²) in [5.41, 5.74) is 1.63. The van der Waals surface area contributed by atoms with Gasteiger partial charge in [0.05, 0.1) is 15.9 Å². The van der Waals surface area contributed by atoms with Gasteiger partial charge in [0.1, 0.15) is 5.82 Å². The highest BCUT2D eigenvalue weighted by Crippen LogP contribution is 2.33. The number of hydrogen-bond acceptors (Lipinski definition) is 5. The second-order valence-electron chi connectivity index (χ2n) is 9.57. The van der Waals surface area contributed by atoms with Crippen LogP contribution in [0.25, 0.3) is 11.0 Å². The number of sulfonamides is 1. The van der Waals surface area contributed by atoms with Crippen molar-refractivity contribution in [1.29, 1.82) is 0 Å². The number of carbonyl (C=O) groups is 1. The number of hydrogen-bond donors (Lipinski definition) is 1. The summed E-state index contributed by atoms with van der Waals surface area (Å²) in [6.07, 6.45) is 7.57. The molecule has 0 bridgehead atoms. The molecule has 0 unspecified atom stereocenters. The van der Waals surface area contributed by atoms with E-state index in [2.05, 4.69) is 35.8 Å². The first-order valence-corrected chi connectivity index (χ1v) is 13.4. The standard InChI is InChI=1S/C24H39N5O3S/c1-6-7-16-29-21-11-10-19(33(31,32)28(4)5)17-20(21)26-22(29)12-13-23(30)25-18-24(27(2)3)14-8-9-15-24/h10-11,17H,6-9,12-16,18H2,1-5H3,(H,25,30). The van der Waals surface area contributed by atoms with Gasteiger partial charge in [-0.3, -0.25) is 4.79 Å². The lowest BCUT2D eigenvalue weighted by Crippen LogP contribution is -2.50. The molecule has 0 radical (unpaired) electrons. The average Bonchev–Trinajstić information content (AvgIpc) is 3.39. The summed E-state index contributed by atoms with van der Waals surface area (Å²) in [6, 6.07) is 5.11. The monoisotopic (exact) mass is 477 g/mol. The van der Waals surface area contributed by atoms with Crippen LogP contribution in [0.5, 0.6) is 0 Å². The van der Waals surface area contributed by atoms with E-state index in [1.807, 2.05) is 6.07 Å². The van der Waals surface area contributed by atoms with Gasteiger partial charge in [-0.25, -0.2) is 17.7 Å². The molecule has 8 nitrogen and oxygen atoms in total. The number of carbonyl (C=O) groups excluding carboxylic acids is 1. The normalized spacial score (nSPS) is 16.2. The van der Waals surface area contributed by atoms with E-state index in [9.17, 15) is 13.2 Å². The van der Waals surface area contributed by atoms with Gasteiger partial charge in [0.2, 0.25) is 15.9 Å². The molecule has 2 aromatic rings. The van der Waals surface area contributed by atoms with E-state index in [-0.39, 0.29) is 16.3 Å². The highest BCUT2D eigenvalue weighted by molar-refractivity contribution is 7.89. The van der Waals surface area contributed by atoms with E-state index in [1.165, 1.54) is 31.2 Å². The Morgan fingerprint density at radius 3 is 2.48 bits per heavy atom. The molecule has 1 aliphatic carbocycles. The third-order valence-corrected chi connectivity index (χ3v) is 8.80. The van der Waals surface area contributed by atoms with Crippen molar-refractivity contribution in [2.75, 3.05) is 34.7 Å². The van der Waals surface area contributed by atoms with Crippen LogP contribution in [-0.4, -0.2) is 73.4 Å². The predicted molar refractivity (Wildman–Crippen MR) is 132 cm³/mol. The van der Waals surface area contributed by atoms with Crippen molar-refractivity contribution in [2.45, 2.75) is 75.3 Å². The maximum Gasteiger partial charge on any atom is 0.242 e. The smallest absolute Gasteiger partial charge is 0.242 e. The van der Waals surface area contributed by atoms with E-state index >= 15 is 0 Å². The lowest BCUT2D eigenvalue weighted by atomic mass is 9.96. The molecular weight excluding hydrogens is 438 g/mol. The van der Waals surface area contributed by atoms with Gasteiger partial charge in [0.15, 0.2) is 0 Å². The minimum atomic E-state index is -3.53. The number of aryl methyl sites for hydroxylation is 2. The van der Waals surface area contributed by atoms with Crippen molar-refractivity contribution >= 4 is 27.0 Å². The molecule has 1 aliphatic rings. The molecule has 1 N–H and O–H groups in total. The Morgan fingerprint density at radius 1 is 1.18 bits per heavy atom. The van der Waals surface area contributed by atoms with Crippen molar-refractivity contribution in [3.63, 3.8) is 0 Å². The number of imidazole rings is 1. The molecule has 1 amide bonds. The van der Waals surface area contributed by atoms with Gasteiger partial charge in [-0.2, -0.15) is 0 Å². The molecule has 33 heavy (non-hydrogen) atoms. The SMILES string of the molecule is CCCCn1c(CCC(=O)NCC2(N(C)C)CCCC2)nc2cc(S(=O)(=O)N(C)C)ccc21. The summed E-state index contributed by atoms with van der Waals surface area (Å²) in [7, 11) is 3.71. The fourth-order valence-corrected chi connectivity index (χ4v) is 5.60. The van der Waals surface area contributed by atoms with Crippen LogP contribution in [0, 0.1) is 0 Å². The summed E-state index contributed by atoms with van der Waals surface area (Å²) in [5.74, 6) is 0.865. The van der Waals surface area contributed by atoms with Crippen LogP contribution in [0.2, 0.25) is 0 Å². The molecule has 0 saturated heterocycles. The van der Waals surface area contributed by atoms with Gasteiger partial charge in [-0.15, -0.1) is 0 Å². The van der Waals surface area contributed by atoms with Crippen molar-refractivity contribution in [2.24, 2.45) is 0 Å². The first-order valence-electron chi connectivity index (χ1n) is 12.0. The Bertz CT molecular complexity index is 1070. The van der Waals surface area contributed by atoms with Gasteiger partial charge < -0.3 is 14.8 Å². The molecule has 0 atom stereocenters. The van der Waals surface area contributed by atoms with E-state index in [1.54, 1.807) is 12.1 Å². The molecule has 0 aliphatic heterocycles. The van der Waals surface area contributed by atoms with E-state index < -0.39 is 10.0 Å². The summed E-state index contributed by atoms with van der Waals surface area (Å²) >= 11 is 0. The minimum absolute atomic E-state index is 0.0353. The number of nitrogens with zero attached hydrogens (tertiary/aromatic N) is 4. The second-order valence-corrected chi connectivity index (χ2v) is 11.7. The van der Waals surface area contributed by atoms with Crippen LogP contribution in [0.15, 0.2) is 23.1 Å². The largest absolute Gasteiger partial charge is 0.354 e. The van der Waals surface area contributed by atoms with E-state index in [0.29, 0.717) is 24.9 Å². The summed E-state index contributed by atoms with van der Waals surface area (Å²) < 4.78 is 28.4. The van der Waals surface area contributed by atoms with Crippen molar-refractivity contribution in [3.05, 3.63) is 24.0 Å². The van der Waals surface area contributed by atoms with Gasteiger partial charge in [0.25, 0.3) is 0 Å². The van der Waals surface area contributed by atoms with Gasteiger partial charge >= 0.3 is 0 Å². The van der Waals surface area contributed by atoms with Crippen LogP contribution in [0.4, 0.5) is 0 Å². The number of benzene rings is 1. The Morgan fingerprint density at radius 2 is 1.88 bits per heavy atom. The third-order valence-electron chi connectivity index (χ3n) is 6.99. The zero-order chi connectivity index (χ0) is 24.2.